The third kappa shape index (κ3) is 5.74. The van der Waals surface area contributed by atoms with Gasteiger partial charge in [0.05, 0.1) is 0 Å². The normalized spacial score (nSPS) is 13.0. The van der Waals surface area contributed by atoms with Gasteiger partial charge < -0.3 is 9.80 Å². The summed E-state index contributed by atoms with van der Waals surface area (Å²) >= 11 is 0. The molecule has 264 valence electrons. The van der Waals surface area contributed by atoms with E-state index in [9.17, 15) is 0 Å². The first-order valence-corrected chi connectivity index (χ1v) is 19.6. The molecule has 0 radical (unpaired) electrons. The molecule has 2 nitrogen and oxygen atoms in total. The first kappa shape index (κ1) is 34.0. The van der Waals surface area contributed by atoms with Gasteiger partial charge in [-0.05, 0) is 122 Å². The van der Waals surface area contributed by atoms with Crippen molar-refractivity contribution in [3.05, 3.63) is 174 Å². The van der Waals surface area contributed by atoms with Gasteiger partial charge in [-0.2, -0.15) is 0 Å². The quantitative estimate of drug-likeness (QED) is 0.153. The van der Waals surface area contributed by atoms with E-state index < -0.39 is 0 Å². The average Bonchev–Trinajstić information content (AvgIpc) is 3.21. The van der Waals surface area contributed by atoms with E-state index in [-0.39, 0.29) is 6.71 Å². The number of benzene rings is 7. The molecule has 0 aromatic heterocycles. The van der Waals surface area contributed by atoms with Crippen LogP contribution in [0.15, 0.2) is 158 Å². The SMILES string of the molecule is CC(C)c1ccc(-c2ccc(N3c4ccc(-c5ccc(C(C)C)cc5)cc4B4c5ccccc5N(c5ccc(C(C)C)cc5)c5cccc3c54)cc2)cc1. The third-order valence-corrected chi connectivity index (χ3v) is 11.7. The minimum absolute atomic E-state index is 0.0819. The van der Waals surface area contributed by atoms with E-state index in [2.05, 4.69) is 209 Å². The van der Waals surface area contributed by atoms with Crippen molar-refractivity contribution in [3.8, 4) is 22.3 Å². The van der Waals surface area contributed by atoms with Gasteiger partial charge in [-0.25, -0.2) is 0 Å². The van der Waals surface area contributed by atoms with Gasteiger partial charge in [0.15, 0.2) is 0 Å². The Morgan fingerprint density at radius 2 is 0.741 bits per heavy atom. The molecule has 0 fully saturated rings. The molecular weight excluding hydrogens is 651 g/mol. The molecule has 0 aliphatic carbocycles. The highest BCUT2D eigenvalue weighted by Crippen LogP contribution is 2.44. The van der Waals surface area contributed by atoms with Crippen LogP contribution in [-0.4, -0.2) is 6.71 Å². The summed E-state index contributed by atoms with van der Waals surface area (Å²) in [5.74, 6) is 1.50. The molecule has 7 aromatic carbocycles. The van der Waals surface area contributed by atoms with Crippen LogP contribution in [0.2, 0.25) is 0 Å². The second kappa shape index (κ2) is 13.6. The highest BCUT2D eigenvalue weighted by molar-refractivity contribution is 7.00. The van der Waals surface area contributed by atoms with Crippen molar-refractivity contribution in [2.75, 3.05) is 9.80 Å². The lowest BCUT2D eigenvalue weighted by atomic mass is 9.33. The van der Waals surface area contributed by atoms with Crippen LogP contribution in [0.5, 0.6) is 0 Å². The first-order valence-electron chi connectivity index (χ1n) is 19.6. The zero-order valence-electron chi connectivity index (χ0n) is 32.2. The Labute approximate surface area is 321 Å². The van der Waals surface area contributed by atoms with Gasteiger partial charge in [0.2, 0.25) is 0 Å². The molecule has 9 rings (SSSR count). The number of hydrogen-bond acceptors (Lipinski definition) is 2. The molecule has 3 heteroatoms. The number of rotatable bonds is 7. The standard InChI is InChI=1S/C51H47BN2/c1-33(2)36-14-18-39(19-15-36)40-24-29-44(30-25-40)54-48-31-26-42(41-20-16-37(17-21-41)34(3)4)32-46(48)52-45-10-7-8-11-47(45)53(49-12-9-13-50(54)51(49)52)43-27-22-38(23-28-43)35(5)6/h7-35H,1-6H3. The van der Waals surface area contributed by atoms with Gasteiger partial charge >= 0.3 is 0 Å². The number of hydrogen-bond donors (Lipinski definition) is 0. The van der Waals surface area contributed by atoms with Gasteiger partial charge in [0.1, 0.15) is 0 Å². The van der Waals surface area contributed by atoms with Gasteiger partial charge in [-0.3, -0.25) is 0 Å². The molecule has 0 saturated heterocycles. The van der Waals surface area contributed by atoms with E-state index in [4.69, 9.17) is 0 Å². The highest BCUT2D eigenvalue weighted by Gasteiger charge is 2.43. The van der Waals surface area contributed by atoms with Gasteiger partial charge in [0.25, 0.3) is 6.71 Å². The van der Waals surface area contributed by atoms with E-state index >= 15 is 0 Å². The smallest absolute Gasteiger partial charge is 0.252 e. The van der Waals surface area contributed by atoms with E-state index in [1.165, 1.54) is 83.8 Å². The molecule has 0 bridgehead atoms. The Kier molecular flexibility index (Phi) is 8.54. The van der Waals surface area contributed by atoms with Crippen LogP contribution < -0.4 is 26.2 Å². The van der Waals surface area contributed by atoms with E-state index in [0.29, 0.717) is 17.8 Å². The summed E-state index contributed by atoms with van der Waals surface area (Å²) in [6.45, 7) is 13.6. The van der Waals surface area contributed by atoms with Crippen molar-refractivity contribution >= 4 is 57.2 Å². The highest BCUT2D eigenvalue weighted by atomic mass is 15.2. The number of anilines is 6. The van der Waals surface area contributed by atoms with Crippen molar-refractivity contribution < 1.29 is 0 Å². The van der Waals surface area contributed by atoms with Crippen LogP contribution in [0, 0.1) is 0 Å². The molecule has 0 saturated carbocycles. The van der Waals surface area contributed by atoms with E-state index in [0.717, 1.165) is 5.69 Å². The molecule has 2 heterocycles. The second-order valence-corrected chi connectivity index (χ2v) is 16.0. The fraction of sp³-hybridized carbons (Fsp3) is 0.176. The summed E-state index contributed by atoms with van der Waals surface area (Å²) in [4.78, 5) is 4.98. The zero-order chi connectivity index (χ0) is 37.1. The Morgan fingerprint density at radius 3 is 1.26 bits per heavy atom. The zero-order valence-corrected chi connectivity index (χ0v) is 32.2. The number of fused-ring (bicyclic) bond motifs is 4. The molecule has 54 heavy (non-hydrogen) atoms. The summed E-state index contributed by atoms with van der Waals surface area (Å²) in [7, 11) is 0. The van der Waals surface area contributed by atoms with Crippen LogP contribution in [0.1, 0.15) is 76.0 Å². The van der Waals surface area contributed by atoms with Crippen LogP contribution >= 0.6 is 0 Å². The molecule has 0 unspecified atom stereocenters. The maximum Gasteiger partial charge on any atom is 0.252 e. The Morgan fingerprint density at radius 1 is 0.352 bits per heavy atom. The van der Waals surface area contributed by atoms with Crippen LogP contribution in [0.25, 0.3) is 22.3 Å². The molecule has 0 amide bonds. The minimum Gasteiger partial charge on any atom is -0.311 e. The first-order chi connectivity index (χ1) is 26.3. The monoisotopic (exact) mass is 698 g/mol. The Hall–Kier alpha value is -5.80. The fourth-order valence-corrected chi connectivity index (χ4v) is 8.56. The minimum atomic E-state index is 0.0819. The van der Waals surface area contributed by atoms with Crippen LogP contribution in [-0.2, 0) is 0 Å². The molecule has 0 spiro atoms. The summed E-state index contributed by atoms with van der Waals surface area (Å²) in [6.07, 6.45) is 0. The maximum absolute atomic E-state index is 2.50. The van der Waals surface area contributed by atoms with E-state index in [1.54, 1.807) is 0 Å². The van der Waals surface area contributed by atoms with Crippen molar-refractivity contribution in [1.82, 2.24) is 0 Å². The molecule has 7 aromatic rings. The molecular formula is C51H47BN2. The largest absolute Gasteiger partial charge is 0.311 e. The second-order valence-electron chi connectivity index (χ2n) is 16.0. The van der Waals surface area contributed by atoms with Gasteiger partial charge in [-0.1, -0.05) is 151 Å². The summed E-state index contributed by atoms with van der Waals surface area (Å²) in [5.41, 5.74) is 20.3. The Balaban J connectivity index is 1.23. The topological polar surface area (TPSA) is 6.48 Å². The molecule has 2 aliphatic rings. The summed E-state index contributed by atoms with van der Waals surface area (Å²) in [6, 6.07) is 59.6. The summed E-state index contributed by atoms with van der Waals surface area (Å²) in [5, 5.41) is 0. The predicted octanol–water partition coefficient (Wildman–Crippen LogP) is 12.5. The van der Waals surface area contributed by atoms with Crippen LogP contribution in [0.4, 0.5) is 34.1 Å². The van der Waals surface area contributed by atoms with Crippen molar-refractivity contribution in [1.29, 1.82) is 0 Å². The lowest BCUT2D eigenvalue weighted by Gasteiger charge is -2.44. The van der Waals surface area contributed by atoms with Gasteiger partial charge in [0, 0.05) is 34.1 Å². The lowest BCUT2D eigenvalue weighted by Crippen LogP contribution is -2.61. The van der Waals surface area contributed by atoms with Crippen molar-refractivity contribution in [2.45, 2.75) is 59.3 Å². The Bertz CT molecular complexity index is 2460. The van der Waals surface area contributed by atoms with Crippen LogP contribution in [0.3, 0.4) is 0 Å². The van der Waals surface area contributed by atoms with Crippen molar-refractivity contribution in [3.63, 3.8) is 0 Å². The third-order valence-electron chi connectivity index (χ3n) is 11.7. The fourth-order valence-electron chi connectivity index (χ4n) is 8.56. The molecule has 0 atom stereocenters. The predicted molar refractivity (Wildman–Crippen MR) is 234 cm³/mol. The number of para-hydroxylation sites is 1. The molecule has 2 aliphatic heterocycles. The maximum atomic E-state index is 2.50. The lowest BCUT2D eigenvalue weighted by molar-refractivity contribution is 0.866. The number of nitrogens with zero attached hydrogens (tertiary/aromatic N) is 2. The average molecular weight is 699 g/mol. The molecule has 0 N–H and O–H groups in total. The summed E-state index contributed by atoms with van der Waals surface area (Å²) < 4.78 is 0. The van der Waals surface area contributed by atoms with Crippen molar-refractivity contribution in [2.24, 2.45) is 0 Å². The van der Waals surface area contributed by atoms with E-state index in [1.807, 2.05) is 0 Å². The van der Waals surface area contributed by atoms with Gasteiger partial charge in [-0.15, -0.1) is 0 Å².